The summed E-state index contributed by atoms with van der Waals surface area (Å²) in [5, 5.41) is 30.6. The first-order chi connectivity index (χ1) is 9.97. The molecule has 0 spiro atoms. The third kappa shape index (κ3) is 3.87. The molecular formula is C15H19NO5. The van der Waals surface area contributed by atoms with Crippen molar-refractivity contribution < 1.29 is 24.9 Å². The fourth-order valence-corrected chi connectivity index (χ4v) is 2.83. The topological polar surface area (TPSA) is 107 Å². The van der Waals surface area contributed by atoms with Crippen molar-refractivity contribution in [1.82, 2.24) is 5.32 Å². The number of hydrogen-bond acceptors (Lipinski definition) is 4. The molecule has 0 bridgehead atoms. The Balaban J connectivity index is 1.98. The Morgan fingerprint density at radius 2 is 1.71 bits per heavy atom. The van der Waals surface area contributed by atoms with Crippen molar-refractivity contribution in [3.8, 4) is 11.5 Å². The molecular weight excluding hydrogens is 274 g/mol. The number of aromatic hydroxyl groups is 2. The lowest BCUT2D eigenvalue weighted by molar-refractivity contribution is -0.144. The number of rotatable bonds is 4. The number of nitrogens with one attached hydrogen (secondary N) is 1. The van der Waals surface area contributed by atoms with Crippen LogP contribution in [0.15, 0.2) is 18.2 Å². The van der Waals surface area contributed by atoms with Gasteiger partial charge in [-0.1, -0.05) is 12.8 Å². The Hall–Kier alpha value is -2.24. The van der Waals surface area contributed by atoms with Gasteiger partial charge in [0, 0.05) is 18.2 Å². The van der Waals surface area contributed by atoms with Gasteiger partial charge in [0.05, 0.1) is 5.92 Å². The molecule has 2 rings (SSSR count). The number of phenols is 2. The van der Waals surface area contributed by atoms with Crippen molar-refractivity contribution in [3.63, 3.8) is 0 Å². The van der Waals surface area contributed by atoms with E-state index < -0.39 is 17.8 Å². The van der Waals surface area contributed by atoms with Crippen LogP contribution in [-0.4, -0.2) is 33.7 Å². The molecule has 1 amide bonds. The standard InChI is InChI=1S/C15H19NO5/c17-11-5-10(6-12(18)7-11)14(19)16-8-9-3-1-2-4-13(9)15(20)21/h5-7,9,13,17-18H,1-4,8H2,(H,16,19)(H,20,21). The number of phenolic OH excluding ortho intramolecular Hbond substituents is 2. The highest BCUT2D eigenvalue weighted by molar-refractivity contribution is 5.95. The third-order valence-corrected chi connectivity index (χ3v) is 3.92. The molecule has 1 aliphatic rings. The smallest absolute Gasteiger partial charge is 0.306 e. The van der Waals surface area contributed by atoms with Crippen LogP contribution in [0.4, 0.5) is 0 Å². The van der Waals surface area contributed by atoms with E-state index in [0.29, 0.717) is 6.42 Å². The maximum Gasteiger partial charge on any atom is 0.306 e. The molecule has 1 saturated carbocycles. The number of hydrogen-bond donors (Lipinski definition) is 4. The van der Waals surface area contributed by atoms with Gasteiger partial charge in [0.15, 0.2) is 0 Å². The van der Waals surface area contributed by atoms with Crippen molar-refractivity contribution in [2.45, 2.75) is 25.7 Å². The van der Waals surface area contributed by atoms with Crippen LogP contribution >= 0.6 is 0 Å². The van der Waals surface area contributed by atoms with Crippen LogP contribution in [0, 0.1) is 11.8 Å². The molecule has 1 aliphatic carbocycles. The fourth-order valence-electron chi connectivity index (χ4n) is 2.83. The number of aliphatic carboxylic acids is 1. The fraction of sp³-hybridized carbons (Fsp3) is 0.467. The van der Waals surface area contributed by atoms with E-state index in [0.717, 1.165) is 25.3 Å². The number of carbonyl (C=O) groups excluding carboxylic acids is 1. The molecule has 2 unspecified atom stereocenters. The minimum absolute atomic E-state index is 0.0777. The largest absolute Gasteiger partial charge is 0.508 e. The molecule has 0 heterocycles. The van der Waals surface area contributed by atoms with E-state index in [2.05, 4.69) is 5.32 Å². The van der Waals surface area contributed by atoms with Gasteiger partial charge < -0.3 is 20.6 Å². The highest BCUT2D eigenvalue weighted by Crippen LogP contribution is 2.30. The quantitative estimate of drug-likeness (QED) is 0.676. The highest BCUT2D eigenvalue weighted by Gasteiger charge is 2.30. The number of amides is 1. The zero-order chi connectivity index (χ0) is 15.4. The molecule has 6 nitrogen and oxygen atoms in total. The van der Waals surface area contributed by atoms with Gasteiger partial charge >= 0.3 is 5.97 Å². The molecule has 0 aromatic heterocycles. The Bertz CT molecular complexity index is 523. The SMILES string of the molecule is O=C(NCC1CCCCC1C(=O)O)c1cc(O)cc(O)c1. The summed E-state index contributed by atoms with van der Waals surface area (Å²) in [6, 6.07) is 3.65. The van der Waals surface area contributed by atoms with Crippen LogP contribution in [0.3, 0.4) is 0 Å². The van der Waals surface area contributed by atoms with Crippen molar-refractivity contribution in [3.05, 3.63) is 23.8 Å². The van der Waals surface area contributed by atoms with Gasteiger partial charge in [-0.15, -0.1) is 0 Å². The molecule has 4 N–H and O–H groups in total. The minimum Gasteiger partial charge on any atom is -0.508 e. The van der Waals surface area contributed by atoms with Crippen LogP contribution < -0.4 is 5.32 Å². The van der Waals surface area contributed by atoms with E-state index >= 15 is 0 Å². The second kappa shape index (κ2) is 6.47. The lowest BCUT2D eigenvalue weighted by Crippen LogP contribution is -2.37. The normalized spacial score (nSPS) is 21.7. The molecule has 0 radical (unpaired) electrons. The van der Waals surface area contributed by atoms with Crippen LogP contribution in [0.25, 0.3) is 0 Å². The number of carbonyl (C=O) groups is 2. The van der Waals surface area contributed by atoms with E-state index in [1.54, 1.807) is 0 Å². The van der Waals surface area contributed by atoms with Gasteiger partial charge in [0.2, 0.25) is 0 Å². The molecule has 1 aromatic rings. The Morgan fingerprint density at radius 1 is 1.10 bits per heavy atom. The summed E-state index contributed by atoms with van der Waals surface area (Å²) < 4.78 is 0. The van der Waals surface area contributed by atoms with Gasteiger partial charge in [-0.25, -0.2) is 0 Å². The molecule has 0 saturated heterocycles. The predicted octanol–water partition coefficient (Wildman–Crippen LogP) is 1.72. The summed E-state index contributed by atoms with van der Waals surface area (Å²) in [6.07, 6.45) is 3.30. The number of benzene rings is 1. The van der Waals surface area contributed by atoms with E-state index in [9.17, 15) is 24.9 Å². The zero-order valence-corrected chi connectivity index (χ0v) is 11.6. The maximum absolute atomic E-state index is 12.0. The number of carboxylic acid groups (broad SMARTS) is 1. The molecule has 2 atom stereocenters. The van der Waals surface area contributed by atoms with Gasteiger partial charge in [-0.2, -0.15) is 0 Å². The average molecular weight is 293 g/mol. The molecule has 1 fully saturated rings. The van der Waals surface area contributed by atoms with Crippen LogP contribution in [0.5, 0.6) is 11.5 Å². The molecule has 1 aromatic carbocycles. The van der Waals surface area contributed by atoms with Crippen molar-refractivity contribution in [1.29, 1.82) is 0 Å². The molecule has 114 valence electrons. The third-order valence-electron chi connectivity index (χ3n) is 3.92. The van der Waals surface area contributed by atoms with Gasteiger partial charge in [0.1, 0.15) is 11.5 Å². The zero-order valence-electron chi connectivity index (χ0n) is 11.6. The molecule has 6 heteroatoms. The maximum atomic E-state index is 12.0. The predicted molar refractivity (Wildman–Crippen MR) is 75.2 cm³/mol. The molecule has 0 aliphatic heterocycles. The van der Waals surface area contributed by atoms with Gasteiger partial charge in [0.25, 0.3) is 5.91 Å². The van der Waals surface area contributed by atoms with Gasteiger partial charge in [-0.05, 0) is 30.9 Å². The van der Waals surface area contributed by atoms with Gasteiger partial charge in [-0.3, -0.25) is 9.59 Å². The van der Waals surface area contributed by atoms with Crippen LogP contribution in [0.2, 0.25) is 0 Å². The van der Waals surface area contributed by atoms with Crippen LogP contribution in [-0.2, 0) is 4.79 Å². The second-order valence-electron chi connectivity index (χ2n) is 5.44. The Kier molecular flexibility index (Phi) is 4.67. The summed E-state index contributed by atoms with van der Waals surface area (Å²) in [6.45, 7) is 0.284. The first-order valence-corrected chi connectivity index (χ1v) is 7.01. The van der Waals surface area contributed by atoms with Crippen molar-refractivity contribution >= 4 is 11.9 Å². The van der Waals surface area contributed by atoms with E-state index in [4.69, 9.17) is 0 Å². The average Bonchev–Trinajstić information content (AvgIpc) is 2.43. The summed E-state index contributed by atoms with van der Waals surface area (Å²) in [7, 11) is 0. The summed E-state index contributed by atoms with van der Waals surface area (Å²) in [5.41, 5.74) is 0.148. The minimum atomic E-state index is -0.816. The molecule has 21 heavy (non-hydrogen) atoms. The highest BCUT2D eigenvalue weighted by atomic mass is 16.4. The summed E-state index contributed by atoms with van der Waals surface area (Å²) in [5.74, 6) is -2.13. The summed E-state index contributed by atoms with van der Waals surface area (Å²) in [4.78, 5) is 23.2. The van der Waals surface area contributed by atoms with Crippen molar-refractivity contribution in [2.24, 2.45) is 11.8 Å². The monoisotopic (exact) mass is 293 g/mol. The van der Waals surface area contributed by atoms with E-state index in [1.807, 2.05) is 0 Å². The number of carboxylic acids is 1. The van der Waals surface area contributed by atoms with E-state index in [1.165, 1.54) is 12.1 Å². The second-order valence-corrected chi connectivity index (χ2v) is 5.44. The Morgan fingerprint density at radius 3 is 2.33 bits per heavy atom. The lowest BCUT2D eigenvalue weighted by atomic mass is 9.79. The van der Waals surface area contributed by atoms with Crippen LogP contribution in [0.1, 0.15) is 36.0 Å². The lowest BCUT2D eigenvalue weighted by Gasteiger charge is -2.28. The first kappa shape index (κ1) is 15.2. The van der Waals surface area contributed by atoms with E-state index in [-0.39, 0.29) is 29.5 Å². The van der Waals surface area contributed by atoms with Crippen molar-refractivity contribution in [2.75, 3.05) is 6.54 Å². The first-order valence-electron chi connectivity index (χ1n) is 7.01. The Labute approximate surface area is 122 Å². The summed E-state index contributed by atoms with van der Waals surface area (Å²) >= 11 is 0.